The van der Waals surface area contributed by atoms with Gasteiger partial charge < -0.3 is 10.2 Å². The molecule has 0 aromatic carbocycles. The Morgan fingerprint density at radius 1 is 1.00 bits per heavy atom. The Labute approximate surface area is 83.2 Å². The largest absolute Gasteiger partial charge is 0.385 e. The Morgan fingerprint density at radius 3 is 1.36 bits per heavy atom. The summed E-state index contributed by atoms with van der Waals surface area (Å²) in [6.07, 6.45) is 0. The molecule has 1 aliphatic carbocycles. The van der Waals surface area contributed by atoms with Crippen molar-refractivity contribution in [3.05, 3.63) is 0 Å². The van der Waals surface area contributed by atoms with Crippen LogP contribution >= 0.6 is 31.9 Å². The van der Waals surface area contributed by atoms with Crippen LogP contribution in [0.3, 0.4) is 0 Å². The lowest BCUT2D eigenvalue weighted by Crippen LogP contribution is -2.28. The first-order valence-electron chi connectivity index (χ1n) is 3.44. The zero-order chi connectivity index (χ0) is 8.91. The van der Waals surface area contributed by atoms with Gasteiger partial charge in [-0.1, -0.05) is 45.7 Å². The van der Waals surface area contributed by atoms with Crippen LogP contribution in [0.25, 0.3) is 0 Å². The van der Waals surface area contributed by atoms with Gasteiger partial charge in [-0.05, 0) is 0 Å². The molecule has 1 saturated carbocycles. The van der Waals surface area contributed by atoms with Crippen LogP contribution in [0.15, 0.2) is 0 Å². The third kappa shape index (κ3) is 0.844. The van der Waals surface area contributed by atoms with E-state index in [0.717, 1.165) is 0 Å². The molecule has 0 aliphatic heterocycles. The van der Waals surface area contributed by atoms with Gasteiger partial charge in [-0.2, -0.15) is 0 Å². The molecule has 0 aromatic rings. The molecule has 0 saturated heterocycles. The molecule has 2 atom stereocenters. The summed E-state index contributed by atoms with van der Waals surface area (Å²) in [6.45, 7) is 3.71. The Morgan fingerprint density at radius 2 is 1.27 bits per heavy atom. The molecule has 0 heterocycles. The maximum Gasteiger partial charge on any atom is 0.112 e. The Hall–Kier alpha value is 0.880. The zero-order valence-corrected chi connectivity index (χ0v) is 9.74. The van der Waals surface area contributed by atoms with Crippen molar-refractivity contribution in [1.29, 1.82) is 0 Å². The lowest BCUT2D eigenvalue weighted by Gasteiger charge is -2.09. The molecule has 2 N–H and O–H groups in total. The highest BCUT2D eigenvalue weighted by Gasteiger charge is 2.81. The van der Waals surface area contributed by atoms with Gasteiger partial charge in [0.05, 0.1) is 0 Å². The summed E-state index contributed by atoms with van der Waals surface area (Å²) < 4.78 is 0. The van der Waals surface area contributed by atoms with E-state index in [2.05, 4.69) is 31.9 Å². The van der Waals surface area contributed by atoms with Gasteiger partial charge in [-0.3, -0.25) is 0 Å². The Balaban J connectivity index is 2.91. The zero-order valence-electron chi connectivity index (χ0n) is 6.56. The molecule has 0 spiro atoms. The van der Waals surface area contributed by atoms with E-state index in [1.54, 1.807) is 0 Å². The molecule has 0 amide bonds. The van der Waals surface area contributed by atoms with E-state index in [-0.39, 0.29) is 0 Å². The van der Waals surface area contributed by atoms with E-state index in [1.165, 1.54) is 0 Å². The predicted molar refractivity (Wildman–Crippen MR) is 51.3 cm³/mol. The number of hydrogen-bond acceptors (Lipinski definition) is 2. The van der Waals surface area contributed by atoms with Gasteiger partial charge in [-0.15, -0.1) is 0 Å². The lowest BCUT2D eigenvalue weighted by molar-refractivity contribution is 0.0515. The van der Waals surface area contributed by atoms with Gasteiger partial charge in [0.2, 0.25) is 0 Å². The highest BCUT2D eigenvalue weighted by atomic mass is 79.9. The number of rotatable bonds is 2. The number of alkyl halides is 2. The average Bonchev–Trinajstić information content (AvgIpc) is 2.32. The van der Waals surface area contributed by atoms with Crippen molar-refractivity contribution in [2.45, 2.75) is 25.0 Å². The van der Waals surface area contributed by atoms with Crippen LogP contribution in [0.5, 0.6) is 0 Å². The predicted octanol–water partition coefficient (Wildman–Crippen LogP) is 1.28. The molecule has 4 heteroatoms. The van der Waals surface area contributed by atoms with Crippen molar-refractivity contribution < 1.29 is 10.2 Å². The molecular formula is C7H12Br2O2. The standard InChI is InChI=1S/C7H12Br2O2/c1-5(2)6(10,3-8)7(5,11)4-9/h10-11H,3-4H2,1-2H3. The summed E-state index contributed by atoms with van der Waals surface area (Å²) in [4.78, 5) is 0. The van der Waals surface area contributed by atoms with Crippen LogP contribution in [0.1, 0.15) is 13.8 Å². The number of aliphatic hydroxyl groups is 2. The summed E-state index contributed by atoms with van der Waals surface area (Å²) >= 11 is 6.39. The van der Waals surface area contributed by atoms with Crippen LogP contribution in [0, 0.1) is 5.41 Å². The smallest absolute Gasteiger partial charge is 0.112 e. The highest BCUT2D eigenvalue weighted by molar-refractivity contribution is 9.09. The van der Waals surface area contributed by atoms with E-state index in [4.69, 9.17) is 0 Å². The summed E-state index contributed by atoms with van der Waals surface area (Å²) in [7, 11) is 0. The summed E-state index contributed by atoms with van der Waals surface area (Å²) in [6, 6.07) is 0. The van der Waals surface area contributed by atoms with Gasteiger partial charge in [0.1, 0.15) is 11.2 Å². The molecule has 0 aromatic heterocycles. The fourth-order valence-electron chi connectivity index (χ4n) is 1.57. The quantitative estimate of drug-likeness (QED) is 0.751. The average molecular weight is 288 g/mol. The van der Waals surface area contributed by atoms with Crippen LogP contribution in [0.2, 0.25) is 0 Å². The first kappa shape index (κ1) is 9.96. The fraction of sp³-hybridized carbons (Fsp3) is 1.00. The highest BCUT2D eigenvalue weighted by Crippen LogP contribution is 2.65. The topological polar surface area (TPSA) is 40.5 Å². The van der Waals surface area contributed by atoms with E-state index < -0.39 is 16.6 Å². The van der Waals surface area contributed by atoms with E-state index in [0.29, 0.717) is 10.7 Å². The number of halogens is 2. The molecule has 2 nitrogen and oxygen atoms in total. The second-order valence-electron chi connectivity index (χ2n) is 3.61. The minimum Gasteiger partial charge on any atom is -0.385 e. The van der Waals surface area contributed by atoms with E-state index in [9.17, 15) is 10.2 Å². The van der Waals surface area contributed by atoms with E-state index in [1.807, 2.05) is 13.8 Å². The molecule has 0 radical (unpaired) electrons. The van der Waals surface area contributed by atoms with Gasteiger partial charge in [0.25, 0.3) is 0 Å². The molecule has 1 fully saturated rings. The van der Waals surface area contributed by atoms with Crippen molar-refractivity contribution >= 4 is 31.9 Å². The molecular weight excluding hydrogens is 276 g/mol. The minimum atomic E-state index is -0.983. The molecule has 66 valence electrons. The molecule has 11 heavy (non-hydrogen) atoms. The third-order valence-electron chi connectivity index (χ3n) is 3.08. The normalized spacial score (nSPS) is 47.5. The van der Waals surface area contributed by atoms with E-state index >= 15 is 0 Å². The van der Waals surface area contributed by atoms with Crippen molar-refractivity contribution in [3.8, 4) is 0 Å². The van der Waals surface area contributed by atoms with Crippen LogP contribution in [0.4, 0.5) is 0 Å². The third-order valence-corrected chi connectivity index (χ3v) is 4.70. The summed E-state index contributed by atoms with van der Waals surface area (Å²) in [5.41, 5.74) is -2.39. The first-order chi connectivity index (χ1) is 4.87. The fourth-order valence-corrected chi connectivity index (χ4v) is 3.90. The minimum absolute atomic E-state index is 0.412. The monoisotopic (exact) mass is 286 g/mol. The van der Waals surface area contributed by atoms with Crippen LogP contribution in [-0.4, -0.2) is 32.1 Å². The lowest BCUT2D eigenvalue weighted by atomic mass is 10.1. The summed E-state index contributed by atoms with van der Waals surface area (Å²) in [5.74, 6) is 0. The van der Waals surface area contributed by atoms with Crippen molar-refractivity contribution in [2.24, 2.45) is 5.41 Å². The first-order valence-corrected chi connectivity index (χ1v) is 5.68. The SMILES string of the molecule is CC1(C)C(O)(CBr)C1(O)CBr. The molecule has 0 bridgehead atoms. The Kier molecular flexibility index (Phi) is 2.21. The van der Waals surface area contributed by atoms with Gasteiger partial charge in [0.15, 0.2) is 0 Å². The second-order valence-corrected chi connectivity index (χ2v) is 4.73. The molecule has 1 aliphatic rings. The van der Waals surface area contributed by atoms with Crippen molar-refractivity contribution in [1.82, 2.24) is 0 Å². The maximum atomic E-state index is 9.86. The summed E-state index contributed by atoms with van der Waals surface area (Å²) in [5, 5.41) is 20.5. The van der Waals surface area contributed by atoms with Crippen molar-refractivity contribution in [2.75, 3.05) is 10.7 Å². The van der Waals surface area contributed by atoms with Gasteiger partial charge >= 0.3 is 0 Å². The van der Waals surface area contributed by atoms with Crippen LogP contribution < -0.4 is 0 Å². The molecule has 1 rings (SSSR count). The maximum absolute atomic E-state index is 9.86. The van der Waals surface area contributed by atoms with Gasteiger partial charge in [-0.25, -0.2) is 0 Å². The van der Waals surface area contributed by atoms with Crippen LogP contribution in [-0.2, 0) is 0 Å². The number of hydrogen-bond donors (Lipinski definition) is 2. The second kappa shape index (κ2) is 2.44. The van der Waals surface area contributed by atoms with Crippen molar-refractivity contribution in [3.63, 3.8) is 0 Å². The Bertz CT molecular complexity index is 165. The van der Waals surface area contributed by atoms with Gasteiger partial charge in [0, 0.05) is 16.1 Å². The molecule has 2 unspecified atom stereocenters.